The molecule has 1 aromatic carbocycles. The van der Waals surface area contributed by atoms with Gasteiger partial charge in [-0.3, -0.25) is 4.79 Å². The summed E-state index contributed by atoms with van der Waals surface area (Å²) in [5.41, 5.74) is 3.03. The zero-order valence-corrected chi connectivity index (χ0v) is 7.71. The zero-order valence-electron chi connectivity index (χ0n) is 7.71. The summed E-state index contributed by atoms with van der Waals surface area (Å²) in [6, 6.07) is 7.85. The number of benzene rings is 1. The van der Waals surface area contributed by atoms with E-state index < -0.39 is 0 Å². The van der Waals surface area contributed by atoms with E-state index in [9.17, 15) is 4.79 Å². The number of hydrogen-bond acceptors (Lipinski definition) is 1. The van der Waals surface area contributed by atoms with Crippen LogP contribution in [0.5, 0.6) is 0 Å². The first-order chi connectivity index (χ1) is 6.33. The molecule has 13 heavy (non-hydrogen) atoms. The molecule has 1 aliphatic carbocycles. The molecule has 0 aliphatic heterocycles. The van der Waals surface area contributed by atoms with Gasteiger partial charge in [0, 0.05) is 17.6 Å². The predicted molar refractivity (Wildman–Crippen MR) is 52.9 cm³/mol. The van der Waals surface area contributed by atoms with Crippen LogP contribution < -0.4 is 0 Å². The maximum absolute atomic E-state index is 11.7. The minimum atomic E-state index is 0.220. The number of carbonyl (C=O) groups is 1. The SMILES string of the molecule is CC/C=C1/Cc2ccccc2C1=O. The fourth-order valence-corrected chi connectivity index (χ4v) is 1.77. The Morgan fingerprint density at radius 1 is 1.38 bits per heavy atom. The average molecular weight is 172 g/mol. The summed E-state index contributed by atoms with van der Waals surface area (Å²) in [6.45, 7) is 2.06. The van der Waals surface area contributed by atoms with E-state index in [2.05, 4.69) is 6.92 Å². The highest BCUT2D eigenvalue weighted by atomic mass is 16.1. The lowest BCUT2D eigenvalue weighted by Gasteiger charge is -1.91. The fourth-order valence-electron chi connectivity index (χ4n) is 1.77. The van der Waals surface area contributed by atoms with Crippen LogP contribution in [0.1, 0.15) is 29.3 Å². The summed E-state index contributed by atoms with van der Waals surface area (Å²) in [6.07, 6.45) is 3.79. The van der Waals surface area contributed by atoms with Crippen LogP contribution in [0.4, 0.5) is 0 Å². The smallest absolute Gasteiger partial charge is 0.189 e. The maximum atomic E-state index is 11.7. The summed E-state index contributed by atoms with van der Waals surface area (Å²) in [5.74, 6) is 0.220. The zero-order chi connectivity index (χ0) is 9.26. The van der Waals surface area contributed by atoms with Crippen LogP contribution in [0.15, 0.2) is 35.9 Å². The van der Waals surface area contributed by atoms with E-state index in [4.69, 9.17) is 0 Å². The van der Waals surface area contributed by atoms with Crippen molar-refractivity contribution in [3.8, 4) is 0 Å². The molecule has 0 unspecified atom stereocenters. The van der Waals surface area contributed by atoms with Gasteiger partial charge in [0.1, 0.15) is 0 Å². The number of rotatable bonds is 1. The second-order valence-corrected chi connectivity index (χ2v) is 3.30. The molecule has 0 fully saturated rings. The van der Waals surface area contributed by atoms with Crippen molar-refractivity contribution in [3.63, 3.8) is 0 Å². The van der Waals surface area contributed by atoms with E-state index in [1.165, 1.54) is 5.56 Å². The van der Waals surface area contributed by atoms with Crippen molar-refractivity contribution in [2.24, 2.45) is 0 Å². The first-order valence-corrected chi connectivity index (χ1v) is 4.64. The van der Waals surface area contributed by atoms with Gasteiger partial charge in [-0.05, 0) is 12.0 Å². The van der Waals surface area contributed by atoms with Crippen molar-refractivity contribution in [3.05, 3.63) is 47.0 Å². The molecule has 0 saturated carbocycles. The lowest BCUT2D eigenvalue weighted by atomic mass is 10.1. The Balaban J connectivity index is 2.44. The van der Waals surface area contributed by atoms with Crippen LogP contribution in [-0.4, -0.2) is 5.78 Å². The number of fused-ring (bicyclic) bond motifs is 1. The number of ketones is 1. The largest absolute Gasteiger partial charge is 0.289 e. The Morgan fingerprint density at radius 2 is 2.15 bits per heavy atom. The second kappa shape index (κ2) is 3.17. The lowest BCUT2D eigenvalue weighted by Crippen LogP contribution is -1.94. The molecule has 0 spiro atoms. The van der Waals surface area contributed by atoms with E-state index in [0.29, 0.717) is 0 Å². The minimum absolute atomic E-state index is 0.220. The monoisotopic (exact) mass is 172 g/mol. The first-order valence-electron chi connectivity index (χ1n) is 4.64. The second-order valence-electron chi connectivity index (χ2n) is 3.30. The van der Waals surface area contributed by atoms with Crippen LogP contribution >= 0.6 is 0 Å². The molecule has 0 N–H and O–H groups in total. The molecule has 2 rings (SSSR count). The van der Waals surface area contributed by atoms with Gasteiger partial charge in [-0.25, -0.2) is 0 Å². The molecule has 0 heterocycles. The number of Topliss-reactive ketones (excluding diaryl/α,β-unsaturated/α-hetero) is 1. The van der Waals surface area contributed by atoms with Crippen molar-refractivity contribution in [2.75, 3.05) is 0 Å². The van der Waals surface area contributed by atoms with Crippen molar-refractivity contribution >= 4 is 5.78 Å². The highest BCUT2D eigenvalue weighted by Crippen LogP contribution is 2.25. The third-order valence-corrected chi connectivity index (χ3v) is 2.39. The van der Waals surface area contributed by atoms with Crippen LogP contribution in [0.3, 0.4) is 0 Å². The molecule has 0 saturated heterocycles. The van der Waals surface area contributed by atoms with Crippen LogP contribution in [0.2, 0.25) is 0 Å². The molecule has 0 aromatic heterocycles. The molecule has 0 amide bonds. The van der Waals surface area contributed by atoms with Crippen LogP contribution in [0.25, 0.3) is 0 Å². The highest BCUT2D eigenvalue weighted by Gasteiger charge is 2.22. The average Bonchev–Trinajstić information content (AvgIpc) is 2.46. The lowest BCUT2D eigenvalue weighted by molar-refractivity contribution is 0.103. The summed E-state index contributed by atoms with van der Waals surface area (Å²) in [7, 11) is 0. The fraction of sp³-hybridized carbons (Fsp3) is 0.250. The topological polar surface area (TPSA) is 17.1 Å². The molecular formula is C12H12O. The van der Waals surface area contributed by atoms with E-state index in [1.54, 1.807) is 0 Å². The van der Waals surface area contributed by atoms with Gasteiger partial charge in [0.25, 0.3) is 0 Å². The molecule has 0 radical (unpaired) electrons. The molecule has 66 valence electrons. The Morgan fingerprint density at radius 3 is 2.85 bits per heavy atom. The quantitative estimate of drug-likeness (QED) is 0.595. The summed E-state index contributed by atoms with van der Waals surface area (Å²) < 4.78 is 0. The van der Waals surface area contributed by atoms with Gasteiger partial charge in [0.15, 0.2) is 5.78 Å². The third kappa shape index (κ3) is 1.31. The Labute approximate surface area is 78.1 Å². The van der Waals surface area contributed by atoms with Crippen molar-refractivity contribution in [1.82, 2.24) is 0 Å². The molecule has 1 aliphatic rings. The number of allylic oxidation sites excluding steroid dienone is 2. The molecule has 1 nitrogen and oxygen atoms in total. The third-order valence-electron chi connectivity index (χ3n) is 2.39. The molecular weight excluding hydrogens is 160 g/mol. The van der Waals surface area contributed by atoms with Crippen molar-refractivity contribution < 1.29 is 4.79 Å². The Kier molecular flexibility index (Phi) is 2.01. The van der Waals surface area contributed by atoms with E-state index in [0.717, 1.165) is 24.0 Å². The number of carbonyl (C=O) groups excluding carboxylic acids is 1. The van der Waals surface area contributed by atoms with Gasteiger partial charge in [-0.1, -0.05) is 37.3 Å². The predicted octanol–water partition coefficient (Wildman–Crippen LogP) is 2.76. The maximum Gasteiger partial charge on any atom is 0.189 e. The molecule has 0 bridgehead atoms. The summed E-state index contributed by atoms with van der Waals surface area (Å²) >= 11 is 0. The van der Waals surface area contributed by atoms with Gasteiger partial charge in [-0.15, -0.1) is 0 Å². The molecule has 1 aromatic rings. The van der Waals surface area contributed by atoms with Crippen molar-refractivity contribution in [2.45, 2.75) is 19.8 Å². The van der Waals surface area contributed by atoms with Crippen molar-refractivity contribution in [1.29, 1.82) is 0 Å². The van der Waals surface area contributed by atoms with E-state index >= 15 is 0 Å². The normalized spacial score (nSPS) is 17.9. The Hall–Kier alpha value is -1.37. The van der Waals surface area contributed by atoms with Gasteiger partial charge in [0.05, 0.1) is 0 Å². The van der Waals surface area contributed by atoms with Gasteiger partial charge in [0.2, 0.25) is 0 Å². The van der Waals surface area contributed by atoms with E-state index in [1.807, 2.05) is 30.3 Å². The minimum Gasteiger partial charge on any atom is -0.289 e. The van der Waals surface area contributed by atoms with Gasteiger partial charge in [-0.2, -0.15) is 0 Å². The highest BCUT2D eigenvalue weighted by molar-refractivity contribution is 6.13. The first kappa shape index (κ1) is 8.24. The van der Waals surface area contributed by atoms with Gasteiger partial charge < -0.3 is 0 Å². The summed E-state index contributed by atoms with van der Waals surface area (Å²) in [4.78, 5) is 11.7. The summed E-state index contributed by atoms with van der Waals surface area (Å²) in [5, 5.41) is 0. The Bertz CT molecular complexity index is 374. The number of hydrogen-bond donors (Lipinski definition) is 0. The van der Waals surface area contributed by atoms with E-state index in [-0.39, 0.29) is 5.78 Å². The van der Waals surface area contributed by atoms with Crippen LogP contribution in [0, 0.1) is 0 Å². The van der Waals surface area contributed by atoms with Crippen LogP contribution in [-0.2, 0) is 6.42 Å². The molecule has 1 heteroatoms. The van der Waals surface area contributed by atoms with Gasteiger partial charge >= 0.3 is 0 Å². The molecule has 0 atom stereocenters. The standard InChI is InChI=1S/C12H12O/c1-2-5-10-8-9-6-3-4-7-11(9)12(10)13/h3-7H,2,8H2,1H3/b10-5-.